The van der Waals surface area contributed by atoms with E-state index in [4.69, 9.17) is 4.98 Å². The zero-order chi connectivity index (χ0) is 15.3. The molecule has 3 aromatic rings. The third-order valence-electron chi connectivity index (χ3n) is 4.93. The van der Waals surface area contributed by atoms with Gasteiger partial charge in [-0.05, 0) is 68.5 Å². The molecule has 0 radical (unpaired) electrons. The van der Waals surface area contributed by atoms with Crippen LogP contribution in [0.25, 0.3) is 22.4 Å². The zero-order valence-corrected chi connectivity index (χ0v) is 13.0. The summed E-state index contributed by atoms with van der Waals surface area (Å²) in [5, 5.41) is 10.2. The number of aryl methyl sites for hydroxylation is 1. The summed E-state index contributed by atoms with van der Waals surface area (Å²) >= 11 is 0. The van der Waals surface area contributed by atoms with Crippen molar-refractivity contribution in [3.05, 3.63) is 47.5 Å². The van der Waals surface area contributed by atoms with Crippen molar-refractivity contribution in [2.45, 2.75) is 39.2 Å². The normalized spacial score (nSPS) is 15.2. The molecule has 1 aliphatic carbocycles. The standard InChI is InChI=1S/C19H20N2O/c1-12-10-14(11-18(22)13(12)2)19-20-16-8-3-4-9-17(16)21(19)15-6-5-7-15/h3-4,8-11,15,22H,5-7H2,1-2H3. The molecule has 22 heavy (non-hydrogen) atoms. The number of hydrogen-bond acceptors (Lipinski definition) is 2. The van der Waals surface area contributed by atoms with Crippen LogP contribution in [-0.4, -0.2) is 14.7 Å². The van der Waals surface area contributed by atoms with Gasteiger partial charge in [0.2, 0.25) is 0 Å². The molecule has 1 aromatic heterocycles. The molecule has 0 unspecified atom stereocenters. The summed E-state index contributed by atoms with van der Waals surface area (Å²) in [6.45, 7) is 3.98. The molecule has 4 rings (SSSR count). The van der Waals surface area contributed by atoms with Crippen molar-refractivity contribution in [1.29, 1.82) is 0 Å². The Morgan fingerprint density at radius 1 is 1.14 bits per heavy atom. The maximum Gasteiger partial charge on any atom is 0.141 e. The number of rotatable bonds is 2. The van der Waals surface area contributed by atoms with E-state index < -0.39 is 0 Å². The fourth-order valence-corrected chi connectivity index (χ4v) is 3.23. The van der Waals surface area contributed by atoms with E-state index in [-0.39, 0.29) is 0 Å². The number of phenolic OH excluding ortho intramolecular Hbond substituents is 1. The number of aromatic nitrogens is 2. The maximum atomic E-state index is 10.2. The first-order valence-electron chi connectivity index (χ1n) is 7.92. The van der Waals surface area contributed by atoms with E-state index in [1.165, 1.54) is 24.8 Å². The largest absolute Gasteiger partial charge is 0.508 e. The molecule has 0 bridgehead atoms. The second-order valence-corrected chi connectivity index (χ2v) is 6.32. The highest BCUT2D eigenvalue weighted by Gasteiger charge is 2.25. The Bertz CT molecular complexity index is 836. The number of hydrogen-bond donors (Lipinski definition) is 1. The minimum absolute atomic E-state index is 0.349. The molecule has 0 saturated heterocycles. The van der Waals surface area contributed by atoms with Crippen molar-refractivity contribution < 1.29 is 5.11 Å². The molecular weight excluding hydrogens is 272 g/mol. The third kappa shape index (κ3) is 1.92. The molecule has 1 N–H and O–H groups in total. The predicted octanol–water partition coefficient (Wildman–Crippen LogP) is 4.75. The van der Waals surface area contributed by atoms with Crippen molar-refractivity contribution in [3.63, 3.8) is 0 Å². The van der Waals surface area contributed by atoms with Gasteiger partial charge in [0.1, 0.15) is 11.6 Å². The molecule has 0 spiro atoms. The number of nitrogens with zero attached hydrogens (tertiary/aromatic N) is 2. The maximum absolute atomic E-state index is 10.2. The smallest absolute Gasteiger partial charge is 0.141 e. The summed E-state index contributed by atoms with van der Waals surface area (Å²) in [6.07, 6.45) is 3.71. The van der Waals surface area contributed by atoms with Gasteiger partial charge in [0, 0.05) is 11.6 Å². The van der Waals surface area contributed by atoms with Gasteiger partial charge in [-0.25, -0.2) is 4.98 Å². The van der Waals surface area contributed by atoms with Crippen molar-refractivity contribution in [1.82, 2.24) is 9.55 Å². The van der Waals surface area contributed by atoms with Crippen LogP contribution in [0.2, 0.25) is 0 Å². The first-order valence-corrected chi connectivity index (χ1v) is 7.92. The monoisotopic (exact) mass is 292 g/mol. The lowest BCUT2D eigenvalue weighted by atomic mass is 9.92. The first-order chi connectivity index (χ1) is 10.6. The lowest BCUT2D eigenvalue weighted by Gasteiger charge is -2.29. The van der Waals surface area contributed by atoms with Gasteiger partial charge < -0.3 is 9.67 Å². The van der Waals surface area contributed by atoms with Crippen LogP contribution in [0.3, 0.4) is 0 Å². The average Bonchev–Trinajstić information content (AvgIpc) is 2.82. The first kappa shape index (κ1) is 13.4. The number of imidazole rings is 1. The van der Waals surface area contributed by atoms with Crippen LogP contribution in [0.5, 0.6) is 5.75 Å². The predicted molar refractivity (Wildman–Crippen MR) is 89.2 cm³/mol. The van der Waals surface area contributed by atoms with Gasteiger partial charge in [-0.1, -0.05) is 12.1 Å². The Morgan fingerprint density at radius 3 is 2.59 bits per heavy atom. The quantitative estimate of drug-likeness (QED) is 0.740. The molecular formula is C19H20N2O. The number of para-hydroxylation sites is 2. The van der Waals surface area contributed by atoms with E-state index in [2.05, 4.69) is 28.8 Å². The number of phenols is 1. The van der Waals surface area contributed by atoms with E-state index in [1.807, 2.05) is 26.0 Å². The van der Waals surface area contributed by atoms with E-state index in [9.17, 15) is 5.11 Å². The Labute approximate surface area is 130 Å². The highest BCUT2D eigenvalue weighted by Crippen LogP contribution is 2.39. The molecule has 0 amide bonds. The average molecular weight is 292 g/mol. The van der Waals surface area contributed by atoms with E-state index in [1.54, 1.807) is 0 Å². The van der Waals surface area contributed by atoms with E-state index in [0.717, 1.165) is 28.0 Å². The number of benzene rings is 2. The summed E-state index contributed by atoms with van der Waals surface area (Å²) in [5.74, 6) is 1.33. The second kappa shape index (κ2) is 4.87. The lowest BCUT2D eigenvalue weighted by Crippen LogP contribution is -2.17. The minimum atomic E-state index is 0.349. The van der Waals surface area contributed by atoms with E-state index >= 15 is 0 Å². The Kier molecular flexibility index (Phi) is 2.96. The summed E-state index contributed by atoms with van der Waals surface area (Å²) in [4.78, 5) is 4.85. The van der Waals surface area contributed by atoms with Crippen molar-refractivity contribution in [2.24, 2.45) is 0 Å². The molecule has 3 heteroatoms. The second-order valence-electron chi connectivity index (χ2n) is 6.32. The van der Waals surface area contributed by atoms with Crippen LogP contribution < -0.4 is 0 Å². The van der Waals surface area contributed by atoms with Gasteiger partial charge in [-0.15, -0.1) is 0 Å². The minimum Gasteiger partial charge on any atom is -0.508 e. The van der Waals surface area contributed by atoms with Crippen molar-refractivity contribution in [2.75, 3.05) is 0 Å². The molecule has 1 aliphatic rings. The van der Waals surface area contributed by atoms with Gasteiger partial charge in [0.25, 0.3) is 0 Å². The third-order valence-corrected chi connectivity index (χ3v) is 4.93. The zero-order valence-electron chi connectivity index (χ0n) is 13.0. The summed E-state index contributed by atoms with van der Waals surface area (Å²) < 4.78 is 2.36. The molecule has 3 nitrogen and oxygen atoms in total. The van der Waals surface area contributed by atoms with Gasteiger partial charge in [0.15, 0.2) is 0 Å². The van der Waals surface area contributed by atoms with Crippen LogP contribution in [0.4, 0.5) is 0 Å². The van der Waals surface area contributed by atoms with Gasteiger partial charge in [0.05, 0.1) is 11.0 Å². The summed E-state index contributed by atoms with van der Waals surface area (Å²) in [5.41, 5.74) is 5.27. The molecule has 0 atom stereocenters. The summed E-state index contributed by atoms with van der Waals surface area (Å²) in [6, 6.07) is 12.8. The van der Waals surface area contributed by atoms with Crippen molar-refractivity contribution >= 4 is 11.0 Å². The lowest BCUT2D eigenvalue weighted by molar-refractivity contribution is 0.323. The van der Waals surface area contributed by atoms with Crippen LogP contribution in [0.15, 0.2) is 36.4 Å². The Balaban J connectivity index is 1.98. The Hall–Kier alpha value is -2.29. The van der Waals surface area contributed by atoms with E-state index in [0.29, 0.717) is 11.8 Å². The fourth-order valence-electron chi connectivity index (χ4n) is 3.23. The van der Waals surface area contributed by atoms with Crippen LogP contribution >= 0.6 is 0 Å². The van der Waals surface area contributed by atoms with Gasteiger partial charge in [-0.2, -0.15) is 0 Å². The van der Waals surface area contributed by atoms with Crippen molar-refractivity contribution in [3.8, 4) is 17.1 Å². The molecule has 1 heterocycles. The number of fused-ring (bicyclic) bond motifs is 1. The molecule has 1 fully saturated rings. The highest BCUT2D eigenvalue weighted by atomic mass is 16.3. The highest BCUT2D eigenvalue weighted by molar-refractivity contribution is 5.81. The topological polar surface area (TPSA) is 38.0 Å². The molecule has 1 saturated carbocycles. The van der Waals surface area contributed by atoms with Gasteiger partial charge >= 0.3 is 0 Å². The number of aromatic hydroxyl groups is 1. The van der Waals surface area contributed by atoms with Gasteiger partial charge in [-0.3, -0.25) is 0 Å². The SMILES string of the molecule is Cc1cc(-c2nc3ccccc3n2C2CCC2)cc(O)c1C. The molecule has 0 aliphatic heterocycles. The van der Waals surface area contributed by atoms with Crippen LogP contribution in [-0.2, 0) is 0 Å². The van der Waals surface area contributed by atoms with Crippen LogP contribution in [0, 0.1) is 13.8 Å². The fraction of sp³-hybridized carbons (Fsp3) is 0.316. The Morgan fingerprint density at radius 2 is 1.91 bits per heavy atom. The molecule has 2 aromatic carbocycles. The summed E-state index contributed by atoms with van der Waals surface area (Å²) in [7, 11) is 0. The van der Waals surface area contributed by atoms with Crippen LogP contribution in [0.1, 0.15) is 36.4 Å². The molecule has 112 valence electrons.